The number of amides is 2. The third kappa shape index (κ3) is 6.93. The van der Waals surface area contributed by atoms with Gasteiger partial charge in [0.25, 0.3) is 0 Å². The molecule has 2 aromatic carbocycles. The molecule has 2 fully saturated rings. The summed E-state index contributed by atoms with van der Waals surface area (Å²) in [7, 11) is 0. The predicted octanol–water partition coefficient (Wildman–Crippen LogP) is 5.65. The standard InChI is InChI=1S/C22H18ClFN5O2.C7H8F3NO3/c1-12-27-20(28-31-12)19-18(23)15-4-2-3-5-17(15)29(19)14-7-6-13(16(24)10-14)11-26-21(30)22(25)8-9-22;8-7(9,10)3-4(12)11-6(1-2-6)5(13)14/h2-7,10,25H,8-9,11H2,1H3,(H,26,30);1-3H2,(H,11,12)(H,13,14)/q-1;. The van der Waals surface area contributed by atoms with Crippen LogP contribution in [0.15, 0.2) is 47.0 Å². The van der Waals surface area contributed by atoms with Crippen molar-refractivity contribution in [1.82, 2.24) is 25.3 Å². The van der Waals surface area contributed by atoms with E-state index in [0.29, 0.717) is 46.5 Å². The van der Waals surface area contributed by atoms with Gasteiger partial charge in [-0.05, 0) is 36.6 Å². The normalized spacial score (nSPS) is 16.0. The Labute approximate surface area is 257 Å². The summed E-state index contributed by atoms with van der Waals surface area (Å²) in [5, 5.41) is 18.3. The number of halogens is 5. The lowest BCUT2D eigenvalue weighted by molar-refractivity contribution is -0.157. The third-order valence-corrected chi connectivity index (χ3v) is 7.75. The topological polar surface area (TPSA) is 163 Å². The van der Waals surface area contributed by atoms with Crippen LogP contribution in [-0.2, 0) is 20.9 Å². The summed E-state index contributed by atoms with van der Waals surface area (Å²) < 4.78 is 56.9. The van der Waals surface area contributed by atoms with Crippen LogP contribution in [0.3, 0.4) is 0 Å². The molecule has 11 nitrogen and oxygen atoms in total. The lowest BCUT2D eigenvalue weighted by Gasteiger charge is -2.18. The smallest absolute Gasteiger partial charge is 0.397 e. The van der Waals surface area contributed by atoms with E-state index in [1.54, 1.807) is 23.6 Å². The van der Waals surface area contributed by atoms with Crippen LogP contribution in [0.2, 0.25) is 5.02 Å². The number of carbonyl (C=O) groups excluding carboxylic acids is 2. The highest BCUT2D eigenvalue weighted by atomic mass is 35.5. The van der Waals surface area contributed by atoms with Gasteiger partial charge >= 0.3 is 12.1 Å². The first-order chi connectivity index (χ1) is 21.1. The Kier molecular flexibility index (Phi) is 8.35. The number of hydrogen-bond acceptors (Lipinski definition) is 6. The molecule has 0 unspecified atom stereocenters. The van der Waals surface area contributed by atoms with Gasteiger partial charge in [0, 0.05) is 30.1 Å². The first kappa shape index (κ1) is 31.9. The molecule has 6 rings (SSSR count). The Balaban J connectivity index is 0.000000241. The van der Waals surface area contributed by atoms with Gasteiger partial charge in [0.2, 0.25) is 23.5 Å². The second-order valence-corrected chi connectivity index (χ2v) is 11.3. The molecule has 45 heavy (non-hydrogen) atoms. The molecule has 2 saturated carbocycles. The van der Waals surface area contributed by atoms with Gasteiger partial charge in [0.05, 0.1) is 10.5 Å². The van der Waals surface area contributed by atoms with E-state index in [0.717, 1.165) is 10.9 Å². The lowest BCUT2D eigenvalue weighted by atomic mass is 10.1. The molecule has 2 aliphatic rings. The summed E-state index contributed by atoms with van der Waals surface area (Å²) in [5.74, 6) is -2.72. The number of aliphatic carboxylic acids is 1. The van der Waals surface area contributed by atoms with Crippen molar-refractivity contribution < 1.29 is 41.6 Å². The molecule has 0 radical (unpaired) electrons. The van der Waals surface area contributed by atoms with Gasteiger partial charge < -0.3 is 30.6 Å². The van der Waals surface area contributed by atoms with Crippen molar-refractivity contribution in [2.24, 2.45) is 0 Å². The van der Waals surface area contributed by atoms with Crippen LogP contribution in [0.1, 0.15) is 43.6 Å². The van der Waals surface area contributed by atoms with E-state index in [1.807, 2.05) is 29.6 Å². The van der Waals surface area contributed by atoms with Crippen molar-refractivity contribution >= 4 is 40.3 Å². The fourth-order valence-corrected chi connectivity index (χ4v) is 4.92. The summed E-state index contributed by atoms with van der Waals surface area (Å²) in [4.78, 5) is 37.5. The third-order valence-electron chi connectivity index (χ3n) is 7.37. The Morgan fingerprint density at radius 2 is 1.82 bits per heavy atom. The first-order valence-corrected chi connectivity index (χ1v) is 14.0. The molecule has 0 atom stereocenters. The van der Waals surface area contributed by atoms with Crippen molar-refractivity contribution in [3.05, 3.63) is 70.5 Å². The number of aromatic nitrogens is 3. The molecule has 16 heteroatoms. The summed E-state index contributed by atoms with van der Waals surface area (Å²) in [6.07, 6.45) is -4.78. The second-order valence-electron chi connectivity index (χ2n) is 10.9. The molecule has 2 heterocycles. The lowest BCUT2D eigenvalue weighted by Crippen LogP contribution is -2.44. The van der Waals surface area contributed by atoms with Crippen LogP contribution in [0, 0.1) is 12.7 Å². The number of carbonyl (C=O) groups is 3. The van der Waals surface area contributed by atoms with E-state index in [9.17, 15) is 31.9 Å². The minimum atomic E-state index is -4.60. The number of carboxylic acid groups (broad SMARTS) is 1. The summed E-state index contributed by atoms with van der Waals surface area (Å²) in [5.41, 5.74) is 7.52. The van der Waals surface area contributed by atoms with E-state index in [2.05, 4.69) is 15.5 Å². The van der Waals surface area contributed by atoms with Crippen LogP contribution in [0.5, 0.6) is 0 Å². The number of aryl methyl sites for hydroxylation is 1. The molecule has 2 aliphatic carbocycles. The van der Waals surface area contributed by atoms with Gasteiger partial charge in [-0.25, -0.2) is 9.18 Å². The number of alkyl halides is 3. The van der Waals surface area contributed by atoms with Crippen LogP contribution in [-0.4, -0.2) is 54.9 Å². The number of hydrogen-bond donors (Lipinski definition) is 3. The first-order valence-electron chi connectivity index (χ1n) is 13.7. The van der Waals surface area contributed by atoms with Crippen molar-refractivity contribution in [3.8, 4) is 17.2 Å². The molecule has 0 bridgehead atoms. The number of rotatable bonds is 8. The molecule has 0 saturated heterocycles. The Morgan fingerprint density at radius 1 is 1.13 bits per heavy atom. The van der Waals surface area contributed by atoms with Crippen LogP contribution in [0.4, 0.5) is 17.6 Å². The molecule has 0 aliphatic heterocycles. The molecule has 2 aromatic heterocycles. The fourth-order valence-electron chi connectivity index (χ4n) is 4.59. The molecule has 2 amide bonds. The van der Waals surface area contributed by atoms with Gasteiger partial charge in [0.1, 0.15) is 23.5 Å². The number of nitrogens with zero attached hydrogens (tertiary/aromatic N) is 3. The van der Waals surface area contributed by atoms with Gasteiger partial charge in [-0.3, -0.25) is 9.59 Å². The second kappa shape index (κ2) is 11.8. The van der Waals surface area contributed by atoms with Crippen LogP contribution < -0.4 is 10.6 Å². The van der Waals surface area contributed by atoms with Crippen molar-refractivity contribution in [3.63, 3.8) is 0 Å². The maximum absolute atomic E-state index is 14.9. The molecule has 238 valence electrons. The van der Waals surface area contributed by atoms with Crippen molar-refractivity contribution in [2.75, 3.05) is 0 Å². The average molecular weight is 650 g/mol. The van der Waals surface area contributed by atoms with E-state index < -0.39 is 41.4 Å². The largest absolute Gasteiger partial charge is 0.664 e. The molecule has 0 spiro atoms. The minimum absolute atomic E-state index is 0.0235. The summed E-state index contributed by atoms with van der Waals surface area (Å²) in [6, 6.07) is 12.2. The molecule has 4 N–H and O–H groups in total. The maximum Gasteiger partial charge on any atom is 0.397 e. The zero-order valence-corrected chi connectivity index (χ0v) is 24.4. The number of para-hydroxylation sites is 1. The Bertz CT molecular complexity index is 1800. The number of carboxylic acids is 1. The van der Waals surface area contributed by atoms with E-state index in [1.165, 1.54) is 6.07 Å². The van der Waals surface area contributed by atoms with E-state index >= 15 is 0 Å². The van der Waals surface area contributed by atoms with Crippen molar-refractivity contribution in [2.45, 2.75) is 62.8 Å². The highest BCUT2D eigenvalue weighted by Crippen LogP contribution is 2.40. The van der Waals surface area contributed by atoms with E-state index in [4.69, 9.17) is 27.0 Å². The van der Waals surface area contributed by atoms with Crippen LogP contribution in [0.25, 0.3) is 33.8 Å². The highest BCUT2D eigenvalue weighted by Gasteiger charge is 2.52. The quantitative estimate of drug-likeness (QED) is 0.208. The fraction of sp³-hybridized carbons (Fsp3) is 0.345. The van der Waals surface area contributed by atoms with Gasteiger partial charge in [-0.1, -0.05) is 53.9 Å². The monoisotopic (exact) mass is 649 g/mol. The van der Waals surface area contributed by atoms with Gasteiger partial charge in [0.15, 0.2) is 0 Å². The minimum Gasteiger partial charge on any atom is -0.664 e. The van der Waals surface area contributed by atoms with Gasteiger partial charge in [-0.2, -0.15) is 18.2 Å². The van der Waals surface area contributed by atoms with E-state index in [-0.39, 0.29) is 25.3 Å². The zero-order chi connectivity index (χ0) is 32.7. The number of nitrogens with one attached hydrogen (secondary N) is 3. The number of fused-ring (bicyclic) bond motifs is 1. The predicted molar refractivity (Wildman–Crippen MR) is 153 cm³/mol. The molecular formula is C29H26ClF4N6O5-. The summed E-state index contributed by atoms with van der Waals surface area (Å²) in [6.45, 7) is 1.71. The highest BCUT2D eigenvalue weighted by molar-refractivity contribution is 6.38. The summed E-state index contributed by atoms with van der Waals surface area (Å²) >= 11 is 6.66. The Hall–Kier alpha value is -4.50. The Morgan fingerprint density at radius 3 is 2.38 bits per heavy atom. The average Bonchev–Trinajstić information content (AvgIpc) is 3.85. The van der Waals surface area contributed by atoms with Crippen LogP contribution >= 0.6 is 11.6 Å². The van der Waals surface area contributed by atoms with Crippen molar-refractivity contribution in [1.29, 1.82) is 0 Å². The van der Waals surface area contributed by atoms with Gasteiger partial charge in [-0.15, -0.1) is 0 Å². The molecule has 4 aromatic rings. The molecular weight excluding hydrogens is 624 g/mol. The number of benzene rings is 2. The zero-order valence-electron chi connectivity index (χ0n) is 23.6. The SMILES string of the molecule is Cc1nc(-c2c(Cl)c3ccccc3n2-c2ccc(CNC(=O)C3([NH-])CC3)c(F)c2)no1.O=C(CC(F)(F)F)NC1(C(=O)O)CC1. The maximum atomic E-state index is 14.9.